The maximum absolute atomic E-state index is 8.89. The van der Waals surface area contributed by atoms with Crippen LogP contribution in [-0.2, 0) is 0 Å². The summed E-state index contributed by atoms with van der Waals surface area (Å²) in [5, 5.41) is 12.4. The molecule has 21 heavy (non-hydrogen) atoms. The molecule has 4 heteroatoms. The summed E-state index contributed by atoms with van der Waals surface area (Å²) >= 11 is 3.57. The highest BCUT2D eigenvalue weighted by molar-refractivity contribution is 9.10. The lowest BCUT2D eigenvalue weighted by atomic mass is 10.0. The fraction of sp³-hybridized carbons (Fsp3) is 0.588. The van der Waals surface area contributed by atoms with E-state index in [-0.39, 0.29) is 0 Å². The van der Waals surface area contributed by atoms with Gasteiger partial charge in [0.05, 0.1) is 12.5 Å². The molecule has 0 aliphatic rings. The van der Waals surface area contributed by atoms with Gasteiger partial charge in [-0.25, -0.2) is 0 Å². The first-order valence-corrected chi connectivity index (χ1v) is 8.47. The molecular weight excluding hydrogens is 326 g/mol. The monoisotopic (exact) mass is 351 g/mol. The van der Waals surface area contributed by atoms with E-state index in [1.165, 1.54) is 11.3 Å². The van der Waals surface area contributed by atoms with Crippen molar-refractivity contribution < 1.29 is 0 Å². The molecule has 1 unspecified atom stereocenters. The lowest BCUT2D eigenvalue weighted by Gasteiger charge is -2.32. The van der Waals surface area contributed by atoms with Gasteiger partial charge >= 0.3 is 0 Å². The molecule has 0 aliphatic carbocycles. The van der Waals surface area contributed by atoms with Crippen LogP contribution in [0, 0.1) is 11.3 Å². The Labute approximate surface area is 137 Å². The number of hydrogen-bond acceptors (Lipinski definition) is 3. The van der Waals surface area contributed by atoms with Gasteiger partial charge in [-0.1, -0.05) is 28.9 Å². The highest BCUT2D eigenvalue weighted by Gasteiger charge is 2.18. The van der Waals surface area contributed by atoms with E-state index in [2.05, 4.69) is 78.1 Å². The Morgan fingerprint density at radius 3 is 2.62 bits per heavy atom. The summed E-state index contributed by atoms with van der Waals surface area (Å²) < 4.78 is 1.08. The third kappa shape index (κ3) is 5.33. The quantitative estimate of drug-likeness (QED) is 0.741. The average Bonchev–Trinajstić information content (AvgIpc) is 2.45. The summed E-state index contributed by atoms with van der Waals surface area (Å²) in [4.78, 5) is 2.31. The van der Waals surface area contributed by atoms with Crippen molar-refractivity contribution in [2.45, 2.75) is 52.6 Å². The lowest BCUT2D eigenvalue weighted by molar-refractivity contribution is 0.566. The Balaban J connectivity index is 3.11. The molecule has 1 atom stereocenters. The zero-order chi connectivity index (χ0) is 15.8. The van der Waals surface area contributed by atoms with E-state index in [0.717, 1.165) is 24.0 Å². The molecular formula is C17H26BrN3. The van der Waals surface area contributed by atoms with Crippen LogP contribution < -0.4 is 10.2 Å². The zero-order valence-corrected chi connectivity index (χ0v) is 15.1. The molecule has 0 bridgehead atoms. The van der Waals surface area contributed by atoms with Crippen molar-refractivity contribution in [1.29, 1.82) is 5.26 Å². The van der Waals surface area contributed by atoms with E-state index in [0.29, 0.717) is 18.5 Å². The van der Waals surface area contributed by atoms with Gasteiger partial charge in [-0.05, 0) is 51.4 Å². The van der Waals surface area contributed by atoms with Crippen molar-refractivity contribution in [3.8, 4) is 6.07 Å². The van der Waals surface area contributed by atoms with E-state index in [1.54, 1.807) is 0 Å². The smallest absolute Gasteiger partial charge is 0.0640 e. The fourth-order valence-electron chi connectivity index (χ4n) is 2.43. The summed E-state index contributed by atoms with van der Waals surface area (Å²) in [5.74, 6) is 0. The maximum atomic E-state index is 8.89. The highest BCUT2D eigenvalue weighted by atomic mass is 79.9. The van der Waals surface area contributed by atoms with Gasteiger partial charge in [-0.3, -0.25) is 0 Å². The van der Waals surface area contributed by atoms with Crippen LogP contribution in [0.25, 0.3) is 0 Å². The van der Waals surface area contributed by atoms with E-state index < -0.39 is 0 Å². The first-order valence-electron chi connectivity index (χ1n) is 7.67. The molecule has 3 nitrogen and oxygen atoms in total. The van der Waals surface area contributed by atoms with Gasteiger partial charge in [0.1, 0.15) is 0 Å². The third-order valence-electron chi connectivity index (χ3n) is 3.56. The molecule has 0 radical (unpaired) electrons. The van der Waals surface area contributed by atoms with Crippen LogP contribution in [0.15, 0.2) is 22.7 Å². The largest absolute Gasteiger partial charge is 0.368 e. The number of rotatable bonds is 8. The minimum absolute atomic E-state index is 0.302. The average molecular weight is 352 g/mol. The van der Waals surface area contributed by atoms with Gasteiger partial charge in [0, 0.05) is 28.8 Å². The van der Waals surface area contributed by atoms with Gasteiger partial charge in [-0.15, -0.1) is 0 Å². The van der Waals surface area contributed by atoms with Crippen molar-refractivity contribution in [2.24, 2.45) is 0 Å². The number of nitrogens with zero attached hydrogens (tertiary/aromatic N) is 2. The predicted molar refractivity (Wildman–Crippen MR) is 93.6 cm³/mol. The topological polar surface area (TPSA) is 39.1 Å². The molecule has 1 aromatic rings. The first-order chi connectivity index (χ1) is 10.0. The Morgan fingerprint density at radius 1 is 1.33 bits per heavy atom. The molecule has 0 amide bonds. The van der Waals surface area contributed by atoms with Crippen molar-refractivity contribution in [3.63, 3.8) is 0 Å². The van der Waals surface area contributed by atoms with Gasteiger partial charge < -0.3 is 10.2 Å². The van der Waals surface area contributed by atoms with Gasteiger partial charge in [0.25, 0.3) is 0 Å². The van der Waals surface area contributed by atoms with Crippen molar-refractivity contribution >= 4 is 21.6 Å². The minimum atomic E-state index is 0.302. The van der Waals surface area contributed by atoms with Crippen LogP contribution in [0.4, 0.5) is 5.69 Å². The van der Waals surface area contributed by atoms with Crippen LogP contribution in [-0.4, -0.2) is 19.1 Å². The molecule has 1 aromatic carbocycles. The van der Waals surface area contributed by atoms with E-state index in [1.807, 2.05) is 0 Å². The molecule has 0 aliphatic heterocycles. The van der Waals surface area contributed by atoms with Crippen molar-refractivity contribution in [1.82, 2.24) is 5.32 Å². The van der Waals surface area contributed by atoms with E-state index >= 15 is 0 Å². The third-order valence-corrected chi connectivity index (χ3v) is 4.05. The summed E-state index contributed by atoms with van der Waals surface area (Å²) in [5.41, 5.74) is 2.50. The molecule has 0 heterocycles. The second-order valence-corrected chi connectivity index (χ2v) is 6.49. The predicted octanol–water partition coefficient (Wildman–Crippen LogP) is 4.64. The minimum Gasteiger partial charge on any atom is -0.368 e. The van der Waals surface area contributed by atoms with Crippen LogP contribution in [0.3, 0.4) is 0 Å². The highest BCUT2D eigenvalue weighted by Crippen LogP contribution is 2.31. The number of anilines is 1. The van der Waals surface area contributed by atoms with Crippen LogP contribution in [0.1, 0.15) is 52.1 Å². The lowest BCUT2D eigenvalue weighted by Crippen LogP contribution is -2.33. The van der Waals surface area contributed by atoms with E-state index in [4.69, 9.17) is 5.26 Å². The number of hydrogen-bond donors (Lipinski definition) is 1. The molecule has 0 saturated heterocycles. The molecule has 0 aromatic heterocycles. The van der Waals surface area contributed by atoms with Crippen molar-refractivity contribution in [2.75, 3.05) is 18.0 Å². The second-order valence-electron chi connectivity index (χ2n) is 5.57. The van der Waals surface area contributed by atoms with Crippen LogP contribution in [0.2, 0.25) is 0 Å². The number of halogens is 1. The molecule has 1 N–H and O–H groups in total. The first kappa shape index (κ1) is 18.0. The van der Waals surface area contributed by atoms with Crippen LogP contribution >= 0.6 is 15.9 Å². The summed E-state index contributed by atoms with van der Waals surface area (Å²) in [6.07, 6.45) is 1.67. The molecule has 0 fully saturated rings. The maximum Gasteiger partial charge on any atom is 0.0640 e. The molecule has 1 rings (SSSR count). The number of benzene rings is 1. The standard InChI is InChI=1S/C17H26BrN3/c1-5-10-20-14(4)16-8-7-15(18)12-17(16)21(13(2)3)11-6-9-19/h7-8,12-14,20H,5-6,10-11H2,1-4H3. The Bertz CT molecular complexity index is 479. The second kappa shape index (κ2) is 9.07. The van der Waals surface area contributed by atoms with Gasteiger partial charge in [-0.2, -0.15) is 5.26 Å². The summed E-state index contributed by atoms with van der Waals surface area (Å²) in [7, 11) is 0. The normalized spacial score (nSPS) is 12.2. The summed E-state index contributed by atoms with van der Waals surface area (Å²) in [6.45, 7) is 10.5. The molecule has 0 saturated carbocycles. The Morgan fingerprint density at radius 2 is 2.05 bits per heavy atom. The zero-order valence-electron chi connectivity index (χ0n) is 13.5. The number of nitrogens with one attached hydrogen (secondary N) is 1. The fourth-order valence-corrected chi connectivity index (χ4v) is 2.78. The number of nitriles is 1. The summed E-state index contributed by atoms with van der Waals surface area (Å²) in [6, 6.07) is 9.35. The molecule has 116 valence electrons. The van der Waals surface area contributed by atoms with E-state index in [9.17, 15) is 0 Å². The van der Waals surface area contributed by atoms with Crippen LogP contribution in [0.5, 0.6) is 0 Å². The Kier molecular flexibility index (Phi) is 7.77. The molecule has 0 spiro atoms. The van der Waals surface area contributed by atoms with Crippen molar-refractivity contribution in [3.05, 3.63) is 28.2 Å². The Hall–Kier alpha value is -1.05. The van der Waals surface area contributed by atoms with Gasteiger partial charge in [0.15, 0.2) is 0 Å². The van der Waals surface area contributed by atoms with Gasteiger partial charge in [0.2, 0.25) is 0 Å². The SMILES string of the molecule is CCCNC(C)c1ccc(Br)cc1N(CCC#N)C(C)C.